The molecule has 0 atom stereocenters. The lowest BCUT2D eigenvalue weighted by Gasteiger charge is -2.26. The standard InChI is InChI=1S/C19H21ClN2O7S2/c20-16-12-18-19(29-9-1-8-28-18)13-17(16)21-30(23,24)14-2-4-15(5-3-14)31(25,26)22-6-10-27-11-7-22/h2-5,12-13,21H,1,6-11H2. The Morgan fingerprint density at radius 3 is 2.06 bits per heavy atom. The van der Waals surface area contributed by atoms with E-state index >= 15 is 0 Å². The molecule has 0 aliphatic carbocycles. The first-order chi connectivity index (χ1) is 14.8. The second kappa shape index (κ2) is 8.83. The number of rotatable bonds is 5. The van der Waals surface area contributed by atoms with Gasteiger partial charge in [0, 0.05) is 31.6 Å². The molecular weight excluding hydrogens is 468 g/mol. The zero-order valence-electron chi connectivity index (χ0n) is 16.4. The summed E-state index contributed by atoms with van der Waals surface area (Å²) in [6.07, 6.45) is 0.701. The van der Waals surface area contributed by atoms with Crippen molar-refractivity contribution in [1.29, 1.82) is 0 Å². The number of anilines is 1. The van der Waals surface area contributed by atoms with Gasteiger partial charge in [-0.25, -0.2) is 16.8 Å². The maximum absolute atomic E-state index is 12.8. The largest absolute Gasteiger partial charge is 0.490 e. The first-order valence-corrected chi connectivity index (χ1v) is 12.9. The summed E-state index contributed by atoms with van der Waals surface area (Å²) in [6.45, 7) is 2.09. The highest BCUT2D eigenvalue weighted by molar-refractivity contribution is 7.92. The van der Waals surface area contributed by atoms with Gasteiger partial charge < -0.3 is 14.2 Å². The van der Waals surface area contributed by atoms with Crippen molar-refractivity contribution in [3.05, 3.63) is 41.4 Å². The summed E-state index contributed by atoms with van der Waals surface area (Å²) in [6, 6.07) is 8.00. The minimum atomic E-state index is -4.02. The lowest BCUT2D eigenvalue weighted by Crippen LogP contribution is -2.40. The molecule has 0 radical (unpaired) electrons. The molecule has 0 saturated carbocycles. The zero-order valence-corrected chi connectivity index (χ0v) is 18.8. The van der Waals surface area contributed by atoms with Crippen molar-refractivity contribution in [2.75, 3.05) is 44.2 Å². The van der Waals surface area contributed by atoms with Gasteiger partial charge in [0.05, 0.1) is 46.9 Å². The molecule has 2 aliphatic rings. The number of benzene rings is 2. The third-order valence-corrected chi connectivity index (χ3v) is 8.43. The first-order valence-electron chi connectivity index (χ1n) is 9.57. The molecule has 1 N–H and O–H groups in total. The predicted octanol–water partition coefficient (Wildman–Crippen LogP) is 2.32. The van der Waals surface area contributed by atoms with E-state index in [4.69, 9.17) is 25.8 Å². The summed E-state index contributed by atoms with van der Waals surface area (Å²) in [5.41, 5.74) is 0.135. The van der Waals surface area contributed by atoms with E-state index in [1.807, 2.05) is 0 Å². The molecule has 4 rings (SSSR count). The second-order valence-corrected chi connectivity index (χ2v) is 11.0. The van der Waals surface area contributed by atoms with Gasteiger partial charge in [0.15, 0.2) is 11.5 Å². The van der Waals surface area contributed by atoms with Gasteiger partial charge in [-0.05, 0) is 24.3 Å². The molecule has 31 heavy (non-hydrogen) atoms. The fourth-order valence-corrected chi connectivity index (χ4v) is 5.93. The van der Waals surface area contributed by atoms with Crippen LogP contribution in [0.1, 0.15) is 6.42 Å². The Morgan fingerprint density at radius 2 is 1.42 bits per heavy atom. The van der Waals surface area contributed by atoms with E-state index in [0.29, 0.717) is 44.3 Å². The second-order valence-electron chi connectivity index (χ2n) is 6.92. The van der Waals surface area contributed by atoms with E-state index in [2.05, 4.69) is 4.72 Å². The van der Waals surface area contributed by atoms with Gasteiger partial charge in [-0.15, -0.1) is 0 Å². The quantitative estimate of drug-likeness (QED) is 0.687. The van der Waals surface area contributed by atoms with E-state index in [1.165, 1.54) is 40.7 Å². The summed E-state index contributed by atoms with van der Waals surface area (Å²) in [4.78, 5) is -0.0847. The van der Waals surface area contributed by atoms with Crippen molar-refractivity contribution < 1.29 is 31.0 Å². The summed E-state index contributed by atoms with van der Waals surface area (Å²) in [7, 11) is -7.73. The van der Waals surface area contributed by atoms with Crippen LogP contribution < -0.4 is 14.2 Å². The maximum Gasteiger partial charge on any atom is 0.261 e. The van der Waals surface area contributed by atoms with Crippen LogP contribution in [0, 0.1) is 0 Å². The Hall–Kier alpha value is -2.05. The van der Waals surface area contributed by atoms with Crippen LogP contribution >= 0.6 is 11.6 Å². The maximum atomic E-state index is 12.8. The molecule has 0 spiro atoms. The molecule has 0 unspecified atom stereocenters. The van der Waals surface area contributed by atoms with Crippen molar-refractivity contribution in [2.24, 2.45) is 0 Å². The molecule has 2 aromatic carbocycles. The average Bonchev–Trinajstić information content (AvgIpc) is 2.99. The topological polar surface area (TPSA) is 111 Å². The van der Waals surface area contributed by atoms with Crippen LogP contribution in [0.5, 0.6) is 11.5 Å². The van der Waals surface area contributed by atoms with E-state index in [-0.39, 0.29) is 33.6 Å². The average molecular weight is 489 g/mol. The summed E-state index contributed by atoms with van der Waals surface area (Å²) >= 11 is 6.22. The summed E-state index contributed by atoms with van der Waals surface area (Å²) in [5.74, 6) is 0.842. The molecule has 2 aliphatic heterocycles. The molecule has 1 fully saturated rings. The molecule has 0 amide bonds. The van der Waals surface area contributed by atoms with E-state index < -0.39 is 20.0 Å². The SMILES string of the molecule is O=S(=O)(Nc1cc2c(cc1Cl)OCCCO2)c1ccc(S(=O)(=O)N2CCOCC2)cc1. The minimum Gasteiger partial charge on any atom is -0.490 e. The van der Waals surface area contributed by atoms with Crippen LogP contribution in [0.25, 0.3) is 0 Å². The lowest BCUT2D eigenvalue weighted by molar-refractivity contribution is 0.0730. The van der Waals surface area contributed by atoms with Gasteiger partial charge in [0.25, 0.3) is 10.0 Å². The smallest absolute Gasteiger partial charge is 0.261 e. The summed E-state index contributed by atoms with van der Waals surface area (Å²) in [5, 5.41) is 0.152. The Labute approximate surface area is 186 Å². The lowest BCUT2D eigenvalue weighted by atomic mass is 10.3. The van der Waals surface area contributed by atoms with E-state index in [0.717, 1.165) is 0 Å². The van der Waals surface area contributed by atoms with Gasteiger partial charge in [-0.2, -0.15) is 4.31 Å². The minimum absolute atomic E-state index is 0.0157. The van der Waals surface area contributed by atoms with Gasteiger partial charge in [0.2, 0.25) is 10.0 Å². The van der Waals surface area contributed by atoms with Crippen molar-refractivity contribution in [2.45, 2.75) is 16.2 Å². The Balaban J connectivity index is 1.56. The molecule has 2 aromatic rings. The van der Waals surface area contributed by atoms with E-state index in [9.17, 15) is 16.8 Å². The van der Waals surface area contributed by atoms with E-state index in [1.54, 1.807) is 0 Å². The van der Waals surface area contributed by atoms with Gasteiger partial charge >= 0.3 is 0 Å². The zero-order chi connectivity index (χ0) is 22.1. The predicted molar refractivity (Wildman–Crippen MR) is 114 cm³/mol. The van der Waals surface area contributed by atoms with Gasteiger partial charge in [-0.1, -0.05) is 11.6 Å². The number of ether oxygens (including phenoxy) is 3. The number of nitrogens with one attached hydrogen (secondary N) is 1. The van der Waals surface area contributed by atoms with Crippen LogP contribution in [-0.2, 0) is 24.8 Å². The van der Waals surface area contributed by atoms with Crippen molar-refractivity contribution in [3.63, 3.8) is 0 Å². The summed E-state index contributed by atoms with van der Waals surface area (Å²) < 4.78 is 71.1. The number of hydrogen-bond acceptors (Lipinski definition) is 7. The number of morpholine rings is 1. The van der Waals surface area contributed by atoms with Crippen LogP contribution in [0.2, 0.25) is 5.02 Å². The highest BCUT2D eigenvalue weighted by Crippen LogP contribution is 2.38. The molecule has 0 bridgehead atoms. The van der Waals surface area contributed by atoms with Crippen molar-refractivity contribution in [1.82, 2.24) is 4.31 Å². The molecular formula is C19H21ClN2O7S2. The van der Waals surface area contributed by atoms with Crippen LogP contribution in [0.3, 0.4) is 0 Å². The highest BCUT2D eigenvalue weighted by Gasteiger charge is 2.27. The van der Waals surface area contributed by atoms with Crippen molar-refractivity contribution in [3.8, 4) is 11.5 Å². The molecule has 9 nitrogen and oxygen atoms in total. The number of hydrogen-bond donors (Lipinski definition) is 1. The third kappa shape index (κ3) is 4.75. The first kappa shape index (κ1) is 22.2. The fraction of sp³-hybridized carbons (Fsp3) is 0.368. The number of sulfonamides is 2. The molecule has 0 aromatic heterocycles. The number of fused-ring (bicyclic) bond motifs is 1. The van der Waals surface area contributed by atoms with Crippen LogP contribution in [0.4, 0.5) is 5.69 Å². The normalized spacial score (nSPS) is 17.7. The third-order valence-electron chi connectivity index (χ3n) is 4.82. The number of halogens is 1. The van der Waals surface area contributed by atoms with Crippen molar-refractivity contribution >= 4 is 37.3 Å². The molecule has 1 saturated heterocycles. The molecule has 2 heterocycles. The molecule has 12 heteroatoms. The monoisotopic (exact) mass is 488 g/mol. The van der Waals surface area contributed by atoms with Crippen LogP contribution in [0.15, 0.2) is 46.2 Å². The fourth-order valence-electron chi connectivity index (χ4n) is 3.19. The van der Waals surface area contributed by atoms with Crippen LogP contribution in [-0.4, -0.2) is 60.7 Å². The van der Waals surface area contributed by atoms with Gasteiger partial charge in [-0.3, -0.25) is 4.72 Å². The Bertz CT molecular complexity index is 1160. The highest BCUT2D eigenvalue weighted by atomic mass is 35.5. The Morgan fingerprint density at radius 1 is 0.839 bits per heavy atom. The van der Waals surface area contributed by atoms with Gasteiger partial charge in [0.1, 0.15) is 0 Å². The Kier molecular flexibility index (Phi) is 6.31. The molecule has 168 valence electrons. The number of nitrogens with zero attached hydrogens (tertiary/aromatic N) is 1.